The molecule has 1 aliphatic rings. The van der Waals surface area contributed by atoms with Crippen LogP contribution in [0.4, 0.5) is 21.9 Å². The highest BCUT2D eigenvalue weighted by Gasteiger charge is 2.46. The van der Waals surface area contributed by atoms with Gasteiger partial charge >= 0.3 is 17.8 Å². The fourth-order valence-corrected chi connectivity index (χ4v) is 4.37. The van der Waals surface area contributed by atoms with Crippen molar-refractivity contribution in [1.82, 2.24) is 5.01 Å². The molecule has 3 aromatic carbocycles. The molecule has 4 amide bonds. The molecule has 0 N–H and O–H groups in total. The lowest BCUT2D eigenvalue weighted by molar-refractivity contribution is -0.384. The molecule has 1 saturated heterocycles. The summed E-state index contributed by atoms with van der Waals surface area (Å²) in [6.07, 6.45) is 0. The predicted molar refractivity (Wildman–Crippen MR) is 144 cm³/mol. The number of amides is 4. The summed E-state index contributed by atoms with van der Waals surface area (Å²) in [5.74, 6) is -2.18. The van der Waals surface area contributed by atoms with Crippen LogP contribution in [0, 0.1) is 10.1 Å². The molecule has 0 atom stereocenters. The van der Waals surface area contributed by atoms with Gasteiger partial charge in [0.15, 0.2) is 0 Å². The first kappa shape index (κ1) is 25.3. The van der Waals surface area contributed by atoms with Gasteiger partial charge in [0.2, 0.25) is 5.55 Å². The minimum absolute atomic E-state index is 0.104. The molecule has 1 aliphatic heterocycles. The third kappa shape index (κ3) is 4.61. The van der Waals surface area contributed by atoms with Crippen molar-refractivity contribution in [2.45, 2.75) is 13.8 Å². The van der Waals surface area contributed by atoms with Crippen molar-refractivity contribution >= 4 is 45.9 Å². The molecule has 0 spiro atoms. The molecule has 0 radical (unpaired) electrons. The van der Waals surface area contributed by atoms with E-state index in [0.717, 1.165) is 23.7 Å². The van der Waals surface area contributed by atoms with Crippen molar-refractivity contribution in [2.75, 3.05) is 22.9 Å². The van der Waals surface area contributed by atoms with Gasteiger partial charge in [0.25, 0.3) is 5.69 Å². The average molecular weight is 526 g/mol. The summed E-state index contributed by atoms with van der Waals surface area (Å²) < 4.78 is 6.14. The fraction of sp³-hybridized carbons (Fsp3) is 0.143. The number of nitro groups is 1. The molecule has 4 aromatic rings. The number of nitrogens with zero attached hydrogens (tertiary/aromatic N) is 5. The first-order valence-corrected chi connectivity index (χ1v) is 12.2. The molecular formula is C28H23N5O6. The van der Waals surface area contributed by atoms with Crippen LogP contribution in [0.15, 0.2) is 88.4 Å². The van der Waals surface area contributed by atoms with Gasteiger partial charge in [0.05, 0.1) is 10.6 Å². The van der Waals surface area contributed by atoms with Crippen LogP contribution in [0.25, 0.3) is 22.1 Å². The van der Waals surface area contributed by atoms with Crippen molar-refractivity contribution < 1.29 is 23.7 Å². The lowest BCUT2D eigenvalue weighted by Gasteiger charge is -2.21. The summed E-state index contributed by atoms with van der Waals surface area (Å²) in [5.41, 5.74) is 2.24. The highest BCUT2D eigenvalue weighted by molar-refractivity contribution is 6.52. The number of non-ortho nitro benzene ring substituents is 1. The van der Waals surface area contributed by atoms with E-state index in [9.17, 15) is 24.5 Å². The number of fused-ring (bicyclic) bond motifs is 1. The SMILES string of the molecule is CCN(CC)c1ccc2cc(-c3ccc([N+](=O)[O-])cc3)/c(=N\N3C(=O)C(=O)N(c4ccccc4)C3=O)oc2c1. The molecule has 0 aliphatic carbocycles. The quantitative estimate of drug-likeness (QED) is 0.148. The molecule has 1 fully saturated rings. The molecular weight excluding hydrogens is 502 g/mol. The number of urea groups is 1. The van der Waals surface area contributed by atoms with E-state index in [1.54, 1.807) is 24.3 Å². The van der Waals surface area contributed by atoms with E-state index in [1.165, 1.54) is 36.4 Å². The summed E-state index contributed by atoms with van der Waals surface area (Å²) >= 11 is 0. The highest BCUT2D eigenvalue weighted by atomic mass is 16.6. The van der Waals surface area contributed by atoms with Gasteiger partial charge in [-0.25, -0.2) is 9.69 Å². The maximum Gasteiger partial charge on any atom is 0.360 e. The van der Waals surface area contributed by atoms with Crippen molar-refractivity contribution in [3.63, 3.8) is 0 Å². The molecule has 5 rings (SSSR count). The Bertz CT molecular complexity index is 1680. The summed E-state index contributed by atoms with van der Waals surface area (Å²) in [5, 5.41) is 16.5. The number of anilines is 2. The molecule has 11 heteroatoms. The Labute approximate surface area is 222 Å². The smallest absolute Gasteiger partial charge is 0.360 e. The zero-order chi connectivity index (χ0) is 27.7. The van der Waals surface area contributed by atoms with Crippen LogP contribution in [0.1, 0.15) is 13.8 Å². The molecule has 39 heavy (non-hydrogen) atoms. The molecule has 0 unspecified atom stereocenters. The van der Waals surface area contributed by atoms with Crippen LogP contribution in [0.2, 0.25) is 0 Å². The topological polar surface area (TPSA) is 130 Å². The third-order valence-corrected chi connectivity index (χ3v) is 6.41. The minimum Gasteiger partial charge on any atom is -0.436 e. The van der Waals surface area contributed by atoms with Crippen LogP contribution >= 0.6 is 0 Å². The number of benzene rings is 3. The molecule has 11 nitrogen and oxygen atoms in total. The number of nitro benzene ring substituents is 1. The lowest BCUT2D eigenvalue weighted by Crippen LogP contribution is -2.32. The molecule has 2 heterocycles. The van der Waals surface area contributed by atoms with Crippen LogP contribution < -0.4 is 15.4 Å². The standard InChI is InChI=1S/C28H23N5O6/c1-3-30(4-2)22-15-12-19-16-23(18-10-13-21(14-11-18)33(37)38)25(39-24(19)17-22)29-32-27(35)26(34)31(28(32)36)20-8-6-5-7-9-20/h5-17H,3-4H2,1-2H3/b29-25+. The molecule has 196 valence electrons. The zero-order valence-electron chi connectivity index (χ0n) is 21.1. The monoisotopic (exact) mass is 525 g/mol. The van der Waals surface area contributed by atoms with Crippen LogP contribution in [-0.4, -0.2) is 40.9 Å². The second-order valence-electron chi connectivity index (χ2n) is 8.64. The number of hydrogen-bond donors (Lipinski definition) is 0. The summed E-state index contributed by atoms with van der Waals surface area (Å²) in [6, 6.07) is 20.2. The predicted octanol–water partition coefficient (Wildman–Crippen LogP) is 4.67. The van der Waals surface area contributed by atoms with E-state index in [0.29, 0.717) is 27.1 Å². The van der Waals surface area contributed by atoms with E-state index in [2.05, 4.69) is 10.0 Å². The van der Waals surface area contributed by atoms with Gasteiger partial charge in [-0.15, -0.1) is 10.1 Å². The Kier molecular flexibility index (Phi) is 6.63. The van der Waals surface area contributed by atoms with Gasteiger partial charge in [0, 0.05) is 47.9 Å². The largest absolute Gasteiger partial charge is 0.436 e. The van der Waals surface area contributed by atoms with Crippen molar-refractivity contribution in [1.29, 1.82) is 0 Å². The Morgan fingerprint density at radius 3 is 2.23 bits per heavy atom. The Hall–Kier alpha value is -5.32. The Balaban J connectivity index is 1.69. The van der Waals surface area contributed by atoms with E-state index < -0.39 is 22.8 Å². The van der Waals surface area contributed by atoms with E-state index in [-0.39, 0.29) is 16.9 Å². The number of carbonyl (C=O) groups excluding carboxylic acids is 3. The van der Waals surface area contributed by atoms with Crippen LogP contribution in [0.5, 0.6) is 0 Å². The number of hydrogen-bond acceptors (Lipinski definition) is 8. The number of rotatable bonds is 7. The third-order valence-electron chi connectivity index (χ3n) is 6.41. The second kappa shape index (κ2) is 10.2. The molecule has 0 bridgehead atoms. The normalized spacial score (nSPS) is 14.0. The van der Waals surface area contributed by atoms with E-state index in [4.69, 9.17) is 4.42 Å². The first-order chi connectivity index (χ1) is 18.8. The van der Waals surface area contributed by atoms with Gasteiger partial charge in [-0.1, -0.05) is 18.2 Å². The highest BCUT2D eigenvalue weighted by Crippen LogP contribution is 2.27. The Morgan fingerprint density at radius 2 is 1.59 bits per heavy atom. The first-order valence-electron chi connectivity index (χ1n) is 12.2. The maximum absolute atomic E-state index is 13.2. The number of imide groups is 2. The van der Waals surface area contributed by atoms with E-state index in [1.807, 2.05) is 32.0 Å². The summed E-state index contributed by atoms with van der Waals surface area (Å²) in [7, 11) is 0. The summed E-state index contributed by atoms with van der Waals surface area (Å²) in [4.78, 5) is 52.3. The average Bonchev–Trinajstić information content (AvgIpc) is 3.16. The van der Waals surface area contributed by atoms with Crippen LogP contribution in [-0.2, 0) is 9.59 Å². The van der Waals surface area contributed by atoms with Crippen molar-refractivity contribution in [3.05, 3.63) is 94.5 Å². The van der Waals surface area contributed by atoms with Crippen molar-refractivity contribution in [3.8, 4) is 11.1 Å². The fourth-order valence-electron chi connectivity index (χ4n) is 4.37. The van der Waals surface area contributed by atoms with Gasteiger partial charge in [-0.2, -0.15) is 0 Å². The lowest BCUT2D eigenvalue weighted by atomic mass is 10.1. The Morgan fingerprint density at radius 1 is 0.897 bits per heavy atom. The number of carbonyl (C=O) groups is 3. The number of para-hydroxylation sites is 1. The second-order valence-corrected chi connectivity index (χ2v) is 8.64. The minimum atomic E-state index is -1.13. The molecule has 1 aromatic heterocycles. The van der Waals surface area contributed by atoms with E-state index >= 15 is 0 Å². The van der Waals surface area contributed by atoms with Gasteiger partial charge < -0.3 is 9.32 Å². The maximum atomic E-state index is 13.2. The summed E-state index contributed by atoms with van der Waals surface area (Å²) in [6.45, 7) is 5.61. The zero-order valence-corrected chi connectivity index (χ0v) is 21.1. The molecule has 0 saturated carbocycles. The van der Waals surface area contributed by atoms with Crippen LogP contribution in [0.3, 0.4) is 0 Å². The van der Waals surface area contributed by atoms with Crippen molar-refractivity contribution in [2.24, 2.45) is 5.10 Å². The van der Waals surface area contributed by atoms with Gasteiger partial charge in [-0.05, 0) is 61.9 Å². The van der Waals surface area contributed by atoms with Gasteiger partial charge in [-0.3, -0.25) is 19.7 Å². The van der Waals surface area contributed by atoms with Gasteiger partial charge in [0.1, 0.15) is 5.58 Å².